The third-order valence-electron chi connectivity index (χ3n) is 16.5. The molecule has 3 aromatic heterocycles. The molecule has 1 atom stereocenters. The van der Waals surface area contributed by atoms with Crippen LogP contribution in [0.5, 0.6) is 0 Å². The Labute approximate surface area is 430 Å². The van der Waals surface area contributed by atoms with Crippen LogP contribution in [0.25, 0.3) is 126 Å². The van der Waals surface area contributed by atoms with Gasteiger partial charge < -0.3 is 13.7 Å². The molecule has 15 aromatic rings. The Morgan fingerprint density at radius 1 is 0.320 bits per heavy atom. The van der Waals surface area contributed by atoms with Crippen molar-refractivity contribution in [2.75, 3.05) is 0 Å². The Balaban J connectivity index is 1.20. The minimum Gasteiger partial charge on any atom is -0.307 e. The van der Waals surface area contributed by atoms with E-state index in [1.807, 2.05) is 0 Å². The summed E-state index contributed by atoms with van der Waals surface area (Å²) >= 11 is 0. The summed E-state index contributed by atoms with van der Waals surface area (Å²) in [6.45, 7) is 0. The second-order valence-corrected chi connectivity index (χ2v) is 20.0. The fourth-order valence-electron chi connectivity index (χ4n) is 13.5. The number of nitriles is 2. The Morgan fingerprint density at radius 3 is 1.28 bits per heavy atom. The molecule has 1 aliphatic carbocycles. The molecule has 0 aliphatic heterocycles. The van der Waals surface area contributed by atoms with Gasteiger partial charge in [0.05, 0.1) is 55.7 Å². The number of hydrogen-bond donors (Lipinski definition) is 0. The lowest BCUT2D eigenvalue weighted by molar-refractivity contribution is 0.820. The van der Waals surface area contributed by atoms with Crippen LogP contribution < -0.4 is 0 Å². The number of rotatable bonds is 5. The average molecular weight is 952 g/mol. The first-order chi connectivity index (χ1) is 37.2. The zero-order valence-corrected chi connectivity index (χ0v) is 40.5. The molecule has 0 radical (unpaired) electrons. The van der Waals surface area contributed by atoms with Gasteiger partial charge in [-0.2, -0.15) is 10.5 Å². The van der Waals surface area contributed by atoms with Gasteiger partial charge in [-0.15, -0.1) is 0 Å². The molecule has 5 nitrogen and oxygen atoms in total. The van der Waals surface area contributed by atoms with Crippen molar-refractivity contribution >= 4 is 97.7 Å². The number of para-hydroxylation sites is 4. The Bertz CT molecular complexity index is 5030. The molecule has 1 aliphatic rings. The minimum absolute atomic E-state index is 0.163. The normalized spacial score (nSPS) is 13.2. The van der Waals surface area contributed by atoms with Gasteiger partial charge in [-0.25, -0.2) is 0 Å². The van der Waals surface area contributed by atoms with Gasteiger partial charge >= 0.3 is 0 Å². The maximum Gasteiger partial charge on any atom is 0.104 e. The van der Waals surface area contributed by atoms with Crippen LogP contribution in [0.2, 0.25) is 0 Å². The van der Waals surface area contributed by atoms with Gasteiger partial charge in [0.25, 0.3) is 0 Å². The SMILES string of the molecule is N#Cc1c(CC2c3ccccc3-c3ccc4ccccc4c32)c(-n2c3ccccc3c3ccc4ccccc4c32)c(-n2c3ccccc3c3ccc4ccccc4c32)c(C#N)c1-n1c2ccccc2c2ccccc21. The Kier molecular flexibility index (Phi) is 8.64. The monoisotopic (exact) mass is 951 g/mol. The van der Waals surface area contributed by atoms with Crippen molar-refractivity contribution in [1.29, 1.82) is 10.5 Å². The molecule has 346 valence electrons. The topological polar surface area (TPSA) is 62.4 Å². The highest BCUT2D eigenvalue weighted by molar-refractivity contribution is 6.21. The van der Waals surface area contributed by atoms with Gasteiger partial charge in [-0.1, -0.05) is 206 Å². The van der Waals surface area contributed by atoms with Crippen molar-refractivity contribution < 1.29 is 0 Å². The molecule has 0 saturated carbocycles. The molecule has 0 bridgehead atoms. The summed E-state index contributed by atoms with van der Waals surface area (Å²) in [6.07, 6.45) is 0.454. The van der Waals surface area contributed by atoms with Gasteiger partial charge in [-0.3, -0.25) is 0 Å². The van der Waals surface area contributed by atoms with E-state index in [1.165, 1.54) is 33.0 Å². The number of hydrogen-bond acceptors (Lipinski definition) is 2. The molecule has 5 heteroatoms. The second kappa shape index (κ2) is 15.6. The van der Waals surface area contributed by atoms with Gasteiger partial charge in [0.2, 0.25) is 0 Å². The smallest absolute Gasteiger partial charge is 0.104 e. The van der Waals surface area contributed by atoms with E-state index in [9.17, 15) is 10.5 Å². The summed E-state index contributed by atoms with van der Waals surface area (Å²) in [5, 5.41) is 38.3. The van der Waals surface area contributed by atoms with Crippen LogP contribution in [0, 0.1) is 22.7 Å². The molecule has 75 heavy (non-hydrogen) atoms. The molecule has 1 unspecified atom stereocenters. The molecule has 12 aromatic carbocycles. The molecular weight excluding hydrogens is 911 g/mol. The van der Waals surface area contributed by atoms with Crippen molar-refractivity contribution in [1.82, 2.24) is 13.7 Å². The molecule has 3 heterocycles. The van der Waals surface area contributed by atoms with Crippen LogP contribution in [0.4, 0.5) is 0 Å². The number of fused-ring (bicyclic) bond motifs is 18. The van der Waals surface area contributed by atoms with Crippen molar-refractivity contribution in [2.24, 2.45) is 0 Å². The van der Waals surface area contributed by atoms with Crippen LogP contribution in [0.1, 0.15) is 33.7 Å². The van der Waals surface area contributed by atoms with Crippen LogP contribution in [-0.2, 0) is 6.42 Å². The van der Waals surface area contributed by atoms with Crippen molar-refractivity contribution in [3.05, 3.63) is 258 Å². The predicted molar refractivity (Wildman–Crippen MR) is 309 cm³/mol. The van der Waals surface area contributed by atoms with Crippen LogP contribution in [0.3, 0.4) is 0 Å². The minimum atomic E-state index is -0.163. The quantitative estimate of drug-likeness (QED) is 0.173. The highest BCUT2D eigenvalue weighted by Gasteiger charge is 2.37. The first-order valence-corrected chi connectivity index (χ1v) is 25.6. The van der Waals surface area contributed by atoms with E-state index in [0.29, 0.717) is 23.2 Å². The van der Waals surface area contributed by atoms with E-state index in [4.69, 9.17) is 0 Å². The van der Waals surface area contributed by atoms with Gasteiger partial charge in [0.1, 0.15) is 17.7 Å². The molecule has 16 rings (SSSR count). The van der Waals surface area contributed by atoms with Crippen molar-refractivity contribution in [3.63, 3.8) is 0 Å². The highest BCUT2D eigenvalue weighted by atomic mass is 15.1. The maximum absolute atomic E-state index is 12.6. The molecule has 0 spiro atoms. The second-order valence-electron chi connectivity index (χ2n) is 20.0. The van der Waals surface area contributed by atoms with E-state index in [-0.39, 0.29) is 5.92 Å². The fourth-order valence-corrected chi connectivity index (χ4v) is 13.5. The van der Waals surface area contributed by atoms with Crippen LogP contribution in [0.15, 0.2) is 231 Å². The third kappa shape index (κ3) is 5.59. The van der Waals surface area contributed by atoms with Crippen LogP contribution in [-0.4, -0.2) is 13.7 Å². The predicted octanol–water partition coefficient (Wildman–Crippen LogP) is 17.5. The maximum atomic E-state index is 12.6. The summed E-state index contributed by atoms with van der Waals surface area (Å²) in [7, 11) is 0. The van der Waals surface area contributed by atoms with Gasteiger partial charge in [-0.05, 0) is 80.0 Å². The zero-order valence-electron chi connectivity index (χ0n) is 40.5. The van der Waals surface area contributed by atoms with E-state index in [2.05, 4.69) is 256 Å². The molecule has 0 amide bonds. The van der Waals surface area contributed by atoms with E-state index in [0.717, 1.165) is 104 Å². The fraction of sp³-hybridized carbons (Fsp3) is 0.0286. The summed E-state index contributed by atoms with van der Waals surface area (Å²) in [5.41, 5.74) is 14.6. The largest absolute Gasteiger partial charge is 0.307 e. The van der Waals surface area contributed by atoms with E-state index in [1.54, 1.807) is 0 Å². The molecule has 0 saturated heterocycles. The summed E-state index contributed by atoms with van der Waals surface area (Å²) in [6, 6.07) is 88.2. The van der Waals surface area contributed by atoms with Gasteiger partial charge in [0.15, 0.2) is 0 Å². The lowest BCUT2D eigenvalue weighted by atomic mass is 9.83. The summed E-state index contributed by atoms with van der Waals surface area (Å²) < 4.78 is 7.05. The molecule has 0 N–H and O–H groups in total. The van der Waals surface area contributed by atoms with Crippen molar-refractivity contribution in [2.45, 2.75) is 12.3 Å². The number of nitrogens with zero attached hydrogens (tertiary/aromatic N) is 5. The van der Waals surface area contributed by atoms with Gasteiger partial charge in [0, 0.05) is 49.0 Å². The summed E-state index contributed by atoms with van der Waals surface area (Å²) in [5.74, 6) is -0.163. The lowest BCUT2D eigenvalue weighted by Gasteiger charge is -2.28. The first-order valence-electron chi connectivity index (χ1n) is 25.6. The highest BCUT2D eigenvalue weighted by Crippen LogP contribution is 2.53. The van der Waals surface area contributed by atoms with E-state index >= 15 is 0 Å². The van der Waals surface area contributed by atoms with Crippen LogP contribution >= 0.6 is 0 Å². The molecular formula is C70H41N5. The Hall–Kier alpha value is -10.2. The third-order valence-corrected chi connectivity index (χ3v) is 16.5. The molecule has 0 fully saturated rings. The number of aromatic nitrogens is 3. The summed E-state index contributed by atoms with van der Waals surface area (Å²) in [4.78, 5) is 0. The lowest BCUT2D eigenvalue weighted by Crippen LogP contribution is -2.17. The Morgan fingerprint density at radius 2 is 0.733 bits per heavy atom. The van der Waals surface area contributed by atoms with E-state index < -0.39 is 0 Å². The zero-order chi connectivity index (χ0) is 49.5. The van der Waals surface area contributed by atoms with Crippen molar-refractivity contribution in [3.8, 4) is 40.3 Å². The first kappa shape index (κ1) is 41.4. The average Bonchev–Trinajstić information content (AvgIpc) is 4.20. The standard InChI is InChI=1S/C70H41N5/c71-40-59-58(39-57-49-24-8-7-23-48(49)54-36-33-42-17-1-4-20-45(42)65(54)57)69(74-63-31-15-11-27-52(63)55-37-34-43-18-2-5-21-46(43)66(55)74)70(60(41-72)68(59)73-61-29-13-9-25-50(61)51-26-10-14-30-62(51)73)75-64-32-16-12-28-53(64)56-38-35-44-19-3-6-22-47(44)67(56)75/h1-38,57H,39H2. The number of benzene rings is 12.